The zero-order chi connectivity index (χ0) is 31.9. The molecule has 3 amide bonds. The minimum Gasteiger partial charge on any atom is -0.465 e. The van der Waals surface area contributed by atoms with Crippen LogP contribution in [0.4, 0.5) is 5.69 Å². The molecule has 1 fully saturated rings. The molecule has 0 unspecified atom stereocenters. The second-order valence-electron chi connectivity index (χ2n) is 10.5. The van der Waals surface area contributed by atoms with Crippen molar-refractivity contribution in [3.05, 3.63) is 75.8 Å². The molecule has 0 heterocycles. The fourth-order valence-electron chi connectivity index (χ4n) is 4.98. The molecule has 0 radical (unpaired) electrons. The van der Waals surface area contributed by atoms with Gasteiger partial charge in [-0.15, -0.1) is 0 Å². The monoisotopic (exact) mass is 610 g/mol. The van der Waals surface area contributed by atoms with Crippen molar-refractivity contribution >= 4 is 35.2 Å². The maximum atomic E-state index is 13.7. The van der Waals surface area contributed by atoms with Gasteiger partial charge in [0.15, 0.2) is 0 Å². The van der Waals surface area contributed by atoms with Gasteiger partial charge in [-0.1, -0.05) is 74.6 Å². The van der Waals surface area contributed by atoms with E-state index in [0.29, 0.717) is 0 Å². The number of amides is 3. The smallest absolute Gasteiger partial charge is 0.325 e. The Kier molecular flexibility index (Phi) is 13.4. The van der Waals surface area contributed by atoms with Gasteiger partial charge in [0, 0.05) is 6.07 Å². The Morgan fingerprint density at radius 1 is 0.932 bits per heavy atom. The molecule has 3 rings (SSSR count). The average molecular weight is 611 g/mol. The van der Waals surface area contributed by atoms with Crippen LogP contribution in [0.25, 0.3) is 0 Å². The van der Waals surface area contributed by atoms with Gasteiger partial charge < -0.3 is 25.4 Å². The molecule has 2 aromatic rings. The Bertz CT molecular complexity index is 1310. The summed E-state index contributed by atoms with van der Waals surface area (Å²) in [5, 5.41) is 18.9. The molecule has 2 atom stereocenters. The lowest BCUT2D eigenvalue weighted by Crippen LogP contribution is -2.56. The molecular formula is C31H38N4O9. The molecule has 1 aliphatic carbocycles. The van der Waals surface area contributed by atoms with Gasteiger partial charge >= 0.3 is 5.97 Å². The summed E-state index contributed by atoms with van der Waals surface area (Å²) in [7, 11) is 0. The number of hydrogen-bond donors (Lipinski definition) is 3. The summed E-state index contributed by atoms with van der Waals surface area (Å²) < 4.78 is 10.4. The SMILES string of the molecule is CCOC(=O)CNC(=O)C(=O)[C@H](COCc1ccccc1)NC(=O)[C@H](CC1CCCCC1)NC(=O)c1ccccc1[N+](=O)[O-]. The van der Waals surface area contributed by atoms with Crippen molar-refractivity contribution < 1.29 is 38.4 Å². The van der Waals surface area contributed by atoms with Crippen molar-refractivity contribution in [2.24, 2.45) is 5.92 Å². The number of Topliss-reactive ketones (excluding diaryl/α,β-unsaturated/α-hetero) is 1. The van der Waals surface area contributed by atoms with E-state index in [0.717, 1.165) is 37.7 Å². The van der Waals surface area contributed by atoms with Crippen molar-refractivity contribution in [3.63, 3.8) is 0 Å². The number of para-hydroxylation sites is 1. The van der Waals surface area contributed by atoms with Gasteiger partial charge in [-0.25, -0.2) is 0 Å². The maximum Gasteiger partial charge on any atom is 0.325 e. The van der Waals surface area contributed by atoms with E-state index in [1.54, 1.807) is 19.1 Å². The van der Waals surface area contributed by atoms with Crippen molar-refractivity contribution in [1.29, 1.82) is 0 Å². The molecule has 1 saturated carbocycles. The second kappa shape index (κ2) is 17.5. The fraction of sp³-hybridized carbons (Fsp3) is 0.452. The summed E-state index contributed by atoms with van der Waals surface area (Å²) in [5.74, 6) is -4.38. The van der Waals surface area contributed by atoms with Crippen molar-refractivity contribution in [3.8, 4) is 0 Å². The van der Waals surface area contributed by atoms with Crippen molar-refractivity contribution in [2.45, 2.75) is 64.1 Å². The zero-order valence-electron chi connectivity index (χ0n) is 24.6. The van der Waals surface area contributed by atoms with E-state index in [-0.39, 0.29) is 37.7 Å². The number of nitro groups is 1. The minimum absolute atomic E-state index is 0.0881. The van der Waals surface area contributed by atoms with Gasteiger partial charge in [-0.2, -0.15) is 0 Å². The first kappa shape index (κ1) is 33.8. The van der Waals surface area contributed by atoms with Crippen LogP contribution < -0.4 is 16.0 Å². The second-order valence-corrected chi connectivity index (χ2v) is 10.5. The van der Waals surface area contributed by atoms with Crippen LogP contribution in [0, 0.1) is 16.0 Å². The number of nitro benzene ring substituents is 1. The molecule has 3 N–H and O–H groups in total. The number of nitrogens with zero attached hydrogens (tertiary/aromatic N) is 1. The van der Waals surface area contributed by atoms with Crippen LogP contribution in [0.3, 0.4) is 0 Å². The van der Waals surface area contributed by atoms with Crippen molar-refractivity contribution in [2.75, 3.05) is 19.8 Å². The topological polar surface area (TPSA) is 183 Å². The van der Waals surface area contributed by atoms with E-state index in [1.807, 2.05) is 18.2 Å². The molecule has 13 heteroatoms. The van der Waals surface area contributed by atoms with Crippen LogP contribution in [0.2, 0.25) is 0 Å². The zero-order valence-corrected chi connectivity index (χ0v) is 24.6. The molecule has 2 aromatic carbocycles. The van der Waals surface area contributed by atoms with E-state index in [2.05, 4.69) is 16.0 Å². The summed E-state index contributed by atoms with van der Waals surface area (Å²) in [6, 6.07) is 11.8. The highest BCUT2D eigenvalue weighted by atomic mass is 16.6. The third kappa shape index (κ3) is 10.6. The lowest BCUT2D eigenvalue weighted by Gasteiger charge is -2.28. The predicted molar refractivity (Wildman–Crippen MR) is 158 cm³/mol. The number of benzene rings is 2. The molecule has 0 spiro atoms. The summed E-state index contributed by atoms with van der Waals surface area (Å²) in [6.45, 7) is 0.861. The first-order valence-electron chi connectivity index (χ1n) is 14.6. The molecule has 13 nitrogen and oxygen atoms in total. The van der Waals surface area contributed by atoms with Crippen LogP contribution in [0.15, 0.2) is 54.6 Å². The number of ether oxygens (including phenoxy) is 2. The molecule has 0 aromatic heterocycles. The van der Waals surface area contributed by atoms with Gasteiger partial charge in [0.25, 0.3) is 17.5 Å². The average Bonchev–Trinajstić information content (AvgIpc) is 3.03. The Morgan fingerprint density at radius 2 is 1.61 bits per heavy atom. The van der Waals surface area contributed by atoms with Gasteiger partial charge in [0.2, 0.25) is 11.7 Å². The highest BCUT2D eigenvalue weighted by Gasteiger charge is 2.33. The number of carbonyl (C=O) groups is 5. The molecule has 1 aliphatic rings. The van der Waals surface area contributed by atoms with E-state index < -0.39 is 58.7 Å². The first-order valence-corrected chi connectivity index (χ1v) is 14.6. The Morgan fingerprint density at radius 3 is 2.30 bits per heavy atom. The number of nitrogens with one attached hydrogen (secondary N) is 3. The normalized spacial score (nSPS) is 14.5. The molecule has 0 aliphatic heterocycles. The third-order valence-corrected chi connectivity index (χ3v) is 7.21. The Hall–Kier alpha value is -4.65. The summed E-state index contributed by atoms with van der Waals surface area (Å²) in [6.07, 6.45) is 4.90. The first-order chi connectivity index (χ1) is 21.2. The summed E-state index contributed by atoms with van der Waals surface area (Å²) in [4.78, 5) is 75.2. The van der Waals surface area contributed by atoms with Crippen molar-refractivity contribution in [1.82, 2.24) is 16.0 Å². The van der Waals surface area contributed by atoms with E-state index in [1.165, 1.54) is 24.3 Å². The highest BCUT2D eigenvalue weighted by Crippen LogP contribution is 2.28. The molecule has 0 bridgehead atoms. The van der Waals surface area contributed by atoms with E-state index >= 15 is 0 Å². The van der Waals surface area contributed by atoms with E-state index in [9.17, 15) is 34.1 Å². The quantitative estimate of drug-likeness (QED) is 0.111. The van der Waals surface area contributed by atoms with Crippen LogP contribution in [-0.2, 0) is 35.3 Å². The Balaban J connectivity index is 1.79. The molecular weight excluding hydrogens is 572 g/mol. The summed E-state index contributed by atoms with van der Waals surface area (Å²) in [5.41, 5.74) is 0.169. The van der Waals surface area contributed by atoms with Gasteiger partial charge in [-0.05, 0) is 30.9 Å². The third-order valence-electron chi connectivity index (χ3n) is 7.21. The molecule has 0 saturated heterocycles. The van der Waals surface area contributed by atoms with Crippen LogP contribution in [0.5, 0.6) is 0 Å². The van der Waals surface area contributed by atoms with E-state index in [4.69, 9.17) is 9.47 Å². The van der Waals surface area contributed by atoms with Gasteiger partial charge in [0.1, 0.15) is 24.2 Å². The fourth-order valence-corrected chi connectivity index (χ4v) is 4.98. The lowest BCUT2D eigenvalue weighted by molar-refractivity contribution is -0.385. The maximum absolute atomic E-state index is 13.7. The Labute approximate surface area is 255 Å². The minimum atomic E-state index is -1.45. The largest absolute Gasteiger partial charge is 0.465 e. The van der Waals surface area contributed by atoms with Crippen LogP contribution >= 0.6 is 0 Å². The number of carbonyl (C=O) groups excluding carboxylic acids is 5. The predicted octanol–water partition coefficient (Wildman–Crippen LogP) is 2.61. The van der Waals surface area contributed by atoms with Crippen LogP contribution in [0.1, 0.15) is 61.4 Å². The standard InChI is InChI=1S/C31H38N4O9/c1-2-44-27(36)18-32-31(40)28(37)25(20-43-19-22-13-7-4-8-14-22)34-30(39)24(17-21-11-5-3-6-12-21)33-29(38)23-15-9-10-16-26(23)35(41)42/h4,7-10,13-16,21,24-25H,2-3,5-6,11-12,17-20H2,1H3,(H,32,40)(H,33,38)(H,34,39)/t24-,25-/m0/s1. The van der Waals surface area contributed by atoms with Crippen LogP contribution in [-0.4, -0.2) is 66.2 Å². The number of hydrogen-bond acceptors (Lipinski definition) is 9. The number of rotatable bonds is 16. The van der Waals surface area contributed by atoms with Gasteiger partial charge in [-0.3, -0.25) is 34.1 Å². The number of esters is 1. The highest BCUT2D eigenvalue weighted by molar-refractivity contribution is 6.38. The number of ketones is 1. The molecule has 236 valence electrons. The molecule has 44 heavy (non-hydrogen) atoms. The van der Waals surface area contributed by atoms with Gasteiger partial charge in [0.05, 0.1) is 24.7 Å². The lowest BCUT2D eigenvalue weighted by atomic mass is 9.84. The summed E-state index contributed by atoms with van der Waals surface area (Å²) >= 11 is 0.